The molecule has 0 aliphatic heterocycles. The van der Waals surface area contributed by atoms with E-state index in [4.69, 9.17) is 0 Å². The summed E-state index contributed by atoms with van der Waals surface area (Å²) in [4.78, 5) is 16.6. The molecule has 1 aromatic rings. The van der Waals surface area contributed by atoms with Crippen LogP contribution < -0.4 is 5.32 Å². The van der Waals surface area contributed by atoms with E-state index in [9.17, 15) is 13.6 Å². The highest BCUT2D eigenvalue weighted by Crippen LogP contribution is 2.36. The van der Waals surface area contributed by atoms with Gasteiger partial charge in [0, 0.05) is 12.8 Å². The van der Waals surface area contributed by atoms with Gasteiger partial charge in [0.05, 0.1) is 17.7 Å². The third kappa shape index (κ3) is 3.25. The third-order valence-corrected chi connectivity index (χ3v) is 3.94. The summed E-state index contributed by atoms with van der Waals surface area (Å²) < 4.78 is 25.4. The second-order valence-electron chi connectivity index (χ2n) is 4.80. The Morgan fingerprint density at radius 1 is 1.56 bits per heavy atom. The third-order valence-electron chi connectivity index (χ3n) is 3.10. The first-order chi connectivity index (χ1) is 8.47. The standard InChI is InChI=1S/C12H16F2N2OS/c1-12(13,14)6-15-11(17)10-9(16-7-18-10)8-4-2-3-5-8/h7-8H,2-6H2,1H3,(H,15,17). The van der Waals surface area contributed by atoms with Gasteiger partial charge >= 0.3 is 0 Å². The first kappa shape index (κ1) is 13.4. The van der Waals surface area contributed by atoms with Gasteiger partial charge in [-0.3, -0.25) is 4.79 Å². The van der Waals surface area contributed by atoms with Crippen LogP contribution in [0.4, 0.5) is 8.78 Å². The van der Waals surface area contributed by atoms with Gasteiger partial charge in [0.1, 0.15) is 4.88 Å². The van der Waals surface area contributed by atoms with E-state index in [0.717, 1.165) is 38.3 Å². The topological polar surface area (TPSA) is 42.0 Å². The van der Waals surface area contributed by atoms with Gasteiger partial charge < -0.3 is 5.32 Å². The maximum Gasteiger partial charge on any atom is 0.263 e. The Balaban J connectivity index is 2.04. The summed E-state index contributed by atoms with van der Waals surface area (Å²) in [5, 5.41) is 2.27. The number of aromatic nitrogens is 1. The highest BCUT2D eigenvalue weighted by Gasteiger charge is 2.27. The first-order valence-corrected chi connectivity index (χ1v) is 6.95. The van der Waals surface area contributed by atoms with Gasteiger partial charge in [-0.05, 0) is 12.8 Å². The minimum absolute atomic E-state index is 0.319. The molecule has 1 aliphatic rings. The fraction of sp³-hybridized carbons (Fsp3) is 0.667. The van der Waals surface area contributed by atoms with Crippen LogP contribution in [0.15, 0.2) is 5.51 Å². The van der Waals surface area contributed by atoms with Gasteiger partial charge in [-0.2, -0.15) is 0 Å². The zero-order valence-corrected chi connectivity index (χ0v) is 11.0. The lowest BCUT2D eigenvalue weighted by Gasteiger charge is -2.12. The van der Waals surface area contributed by atoms with Crippen LogP contribution in [-0.2, 0) is 0 Å². The second-order valence-corrected chi connectivity index (χ2v) is 5.66. The Morgan fingerprint density at radius 2 is 2.22 bits per heavy atom. The monoisotopic (exact) mass is 274 g/mol. The van der Waals surface area contributed by atoms with Crippen LogP contribution in [0.3, 0.4) is 0 Å². The van der Waals surface area contributed by atoms with Crippen LogP contribution in [0.2, 0.25) is 0 Å². The molecule has 0 saturated heterocycles. The van der Waals surface area contributed by atoms with Gasteiger partial charge in [-0.25, -0.2) is 13.8 Å². The lowest BCUT2D eigenvalue weighted by Crippen LogP contribution is -2.34. The van der Waals surface area contributed by atoms with Crippen LogP contribution >= 0.6 is 11.3 Å². The zero-order valence-electron chi connectivity index (χ0n) is 10.2. The number of carbonyl (C=O) groups is 1. The largest absolute Gasteiger partial charge is 0.345 e. The Morgan fingerprint density at radius 3 is 2.83 bits per heavy atom. The van der Waals surface area contributed by atoms with Crippen molar-refractivity contribution in [1.82, 2.24) is 10.3 Å². The molecule has 1 aliphatic carbocycles. The average Bonchev–Trinajstić information content (AvgIpc) is 2.94. The van der Waals surface area contributed by atoms with E-state index >= 15 is 0 Å². The number of halogens is 2. The van der Waals surface area contributed by atoms with Crippen molar-refractivity contribution in [2.75, 3.05) is 6.54 Å². The minimum Gasteiger partial charge on any atom is -0.345 e. The van der Waals surface area contributed by atoms with Crippen molar-refractivity contribution in [3.63, 3.8) is 0 Å². The van der Waals surface area contributed by atoms with Crippen molar-refractivity contribution in [2.24, 2.45) is 0 Å². The lowest BCUT2D eigenvalue weighted by atomic mass is 10.0. The average molecular weight is 274 g/mol. The van der Waals surface area contributed by atoms with Crippen LogP contribution in [0.1, 0.15) is 53.9 Å². The summed E-state index contributed by atoms with van der Waals surface area (Å²) in [6.07, 6.45) is 4.37. The molecule has 3 nitrogen and oxygen atoms in total. The van der Waals surface area contributed by atoms with E-state index in [1.165, 1.54) is 11.3 Å². The van der Waals surface area contributed by atoms with E-state index in [2.05, 4.69) is 10.3 Å². The molecule has 100 valence electrons. The Hall–Kier alpha value is -1.04. The number of thiazole rings is 1. The number of alkyl halides is 2. The molecular weight excluding hydrogens is 258 g/mol. The van der Waals surface area contributed by atoms with E-state index in [1.807, 2.05) is 0 Å². The number of nitrogens with zero attached hydrogens (tertiary/aromatic N) is 1. The normalized spacial score (nSPS) is 17.1. The van der Waals surface area contributed by atoms with Crippen LogP contribution in [0.5, 0.6) is 0 Å². The fourth-order valence-electron chi connectivity index (χ4n) is 2.23. The molecule has 0 radical (unpaired) electrons. The quantitative estimate of drug-likeness (QED) is 0.916. The molecule has 1 N–H and O–H groups in total. The van der Waals surface area contributed by atoms with Gasteiger partial charge in [-0.15, -0.1) is 11.3 Å². The number of rotatable bonds is 4. The van der Waals surface area contributed by atoms with Crippen molar-refractivity contribution in [1.29, 1.82) is 0 Å². The van der Waals surface area contributed by atoms with Crippen molar-refractivity contribution in [3.8, 4) is 0 Å². The van der Waals surface area contributed by atoms with Crippen LogP contribution in [-0.4, -0.2) is 23.4 Å². The number of hydrogen-bond acceptors (Lipinski definition) is 3. The van der Waals surface area contributed by atoms with Gasteiger partial charge in [-0.1, -0.05) is 12.8 Å². The molecule has 1 fully saturated rings. The summed E-state index contributed by atoms with van der Waals surface area (Å²) in [7, 11) is 0. The minimum atomic E-state index is -2.88. The highest BCUT2D eigenvalue weighted by molar-refractivity contribution is 7.11. The van der Waals surface area contributed by atoms with E-state index in [1.54, 1.807) is 5.51 Å². The molecule has 6 heteroatoms. The molecule has 0 aromatic carbocycles. The maximum atomic E-state index is 12.7. The molecule has 0 bridgehead atoms. The summed E-state index contributed by atoms with van der Waals surface area (Å²) >= 11 is 1.23. The molecule has 0 spiro atoms. The summed E-state index contributed by atoms with van der Waals surface area (Å²) in [6, 6.07) is 0. The Bertz CT molecular complexity index is 422. The Kier molecular flexibility index (Phi) is 3.94. The first-order valence-electron chi connectivity index (χ1n) is 6.07. The number of carbonyl (C=O) groups excluding carboxylic acids is 1. The smallest absolute Gasteiger partial charge is 0.263 e. The predicted octanol–water partition coefficient (Wildman–Crippen LogP) is 3.19. The van der Waals surface area contributed by atoms with Crippen LogP contribution in [0.25, 0.3) is 0 Å². The van der Waals surface area contributed by atoms with Gasteiger partial charge in [0.2, 0.25) is 0 Å². The van der Waals surface area contributed by atoms with Crippen molar-refractivity contribution in [2.45, 2.75) is 44.4 Å². The zero-order chi connectivity index (χ0) is 13.2. The van der Waals surface area contributed by atoms with E-state index in [0.29, 0.717) is 10.8 Å². The number of hydrogen-bond donors (Lipinski definition) is 1. The van der Waals surface area contributed by atoms with Crippen LogP contribution in [0, 0.1) is 0 Å². The highest BCUT2D eigenvalue weighted by atomic mass is 32.1. The fourth-order valence-corrected chi connectivity index (χ4v) is 3.02. The van der Waals surface area contributed by atoms with Crippen molar-refractivity contribution >= 4 is 17.2 Å². The van der Waals surface area contributed by atoms with E-state index < -0.39 is 18.4 Å². The Labute approximate surface area is 109 Å². The van der Waals surface area contributed by atoms with E-state index in [-0.39, 0.29) is 0 Å². The van der Waals surface area contributed by atoms with Crippen molar-refractivity contribution < 1.29 is 13.6 Å². The number of amides is 1. The molecule has 1 saturated carbocycles. The molecule has 1 heterocycles. The molecule has 0 atom stereocenters. The molecular formula is C12H16F2N2OS. The molecule has 2 rings (SSSR count). The number of nitrogens with one attached hydrogen (secondary N) is 1. The van der Waals surface area contributed by atoms with Gasteiger partial charge in [0.15, 0.2) is 0 Å². The SMILES string of the molecule is CC(F)(F)CNC(=O)c1scnc1C1CCCC1. The maximum absolute atomic E-state index is 12.7. The summed E-state index contributed by atoms with van der Waals surface area (Å²) in [6.45, 7) is 0.158. The second kappa shape index (κ2) is 5.30. The summed E-state index contributed by atoms with van der Waals surface area (Å²) in [5.41, 5.74) is 2.40. The molecule has 1 aromatic heterocycles. The molecule has 1 amide bonds. The van der Waals surface area contributed by atoms with Crippen molar-refractivity contribution in [3.05, 3.63) is 16.1 Å². The predicted molar refractivity (Wildman–Crippen MR) is 66.3 cm³/mol. The molecule has 18 heavy (non-hydrogen) atoms. The van der Waals surface area contributed by atoms with Gasteiger partial charge in [0.25, 0.3) is 11.8 Å². The molecule has 0 unspecified atom stereocenters. The lowest BCUT2D eigenvalue weighted by molar-refractivity contribution is 0.0221. The summed E-state index contributed by atoms with van der Waals surface area (Å²) in [5.74, 6) is -2.99.